The van der Waals surface area contributed by atoms with Crippen LogP contribution in [0.1, 0.15) is 0 Å². The van der Waals surface area contributed by atoms with Gasteiger partial charge < -0.3 is 23.7 Å². The molecule has 0 atom stereocenters. The molecule has 1 N–H and O–H groups in total. The molecule has 2 aromatic carbocycles. The third-order valence-corrected chi connectivity index (χ3v) is 3.71. The van der Waals surface area contributed by atoms with Crippen molar-refractivity contribution < 1.29 is 36.9 Å². The van der Waals surface area contributed by atoms with Gasteiger partial charge in [-0.25, -0.2) is 0 Å². The summed E-state index contributed by atoms with van der Waals surface area (Å²) in [4.78, 5) is 12.5. The van der Waals surface area contributed by atoms with E-state index in [0.29, 0.717) is 5.56 Å². The number of ether oxygens (including phenoxy) is 3. The number of benzene rings is 2. The number of alkyl halides is 3. The third-order valence-electron chi connectivity index (χ3n) is 3.71. The Balaban J connectivity index is 2.11. The van der Waals surface area contributed by atoms with E-state index in [0.717, 1.165) is 18.2 Å². The average molecular weight is 382 g/mol. The van der Waals surface area contributed by atoms with Crippen LogP contribution in [0.15, 0.2) is 45.6 Å². The van der Waals surface area contributed by atoms with Crippen LogP contribution in [0.4, 0.5) is 13.2 Å². The predicted octanol–water partition coefficient (Wildman–Crippen LogP) is 4.08. The van der Waals surface area contributed by atoms with Crippen molar-refractivity contribution in [3.05, 3.63) is 46.6 Å². The number of fused-ring (bicyclic) bond motifs is 1. The molecule has 3 aromatic rings. The normalized spacial score (nSPS) is 11.4. The summed E-state index contributed by atoms with van der Waals surface area (Å²) in [5, 5.41) is 10.1. The van der Waals surface area contributed by atoms with Crippen molar-refractivity contribution in [2.24, 2.45) is 0 Å². The van der Waals surface area contributed by atoms with E-state index in [1.54, 1.807) is 0 Å². The van der Waals surface area contributed by atoms with E-state index in [2.05, 4.69) is 4.74 Å². The Hall–Kier alpha value is -3.36. The molecule has 0 bridgehead atoms. The predicted molar refractivity (Wildman–Crippen MR) is 89.4 cm³/mol. The molecule has 6 nitrogen and oxygen atoms in total. The molecule has 0 aliphatic carbocycles. The van der Waals surface area contributed by atoms with E-state index in [1.165, 1.54) is 32.4 Å². The molecule has 27 heavy (non-hydrogen) atoms. The fraction of sp³-hybridized carbons (Fsp3) is 0.167. The van der Waals surface area contributed by atoms with Gasteiger partial charge in [-0.3, -0.25) is 4.79 Å². The van der Waals surface area contributed by atoms with Gasteiger partial charge >= 0.3 is 6.36 Å². The van der Waals surface area contributed by atoms with Gasteiger partial charge in [0.05, 0.1) is 14.2 Å². The third kappa shape index (κ3) is 3.62. The maximum atomic E-state index is 12.5. The van der Waals surface area contributed by atoms with E-state index in [4.69, 9.17) is 13.9 Å². The van der Waals surface area contributed by atoms with E-state index in [-0.39, 0.29) is 34.0 Å². The van der Waals surface area contributed by atoms with Crippen molar-refractivity contribution in [3.8, 4) is 34.3 Å². The first kappa shape index (κ1) is 18.4. The van der Waals surface area contributed by atoms with Crippen LogP contribution in [0.5, 0.6) is 23.0 Å². The summed E-state index contributed by atoms with van der Waals surface area (Å²) in [6.07, 6.45) is -4.80. The minimum atomic E-state index is -4.80. The van der Waals surface area contributed by atoms with E-state index in [9.17, 15) is 23.1 Å². The van der Waals surface area contributed by atoms with Crippen molar-refractivity contribution in [2.75, 3.05) is 14.2 Å². The smallest absolute Gasteiger partial charge is 0.502 e. The monoisotopic (exact) mass is 382 g/mol. The summed E-state index contributed by atoms with van der Waals surface area (Å²) >= 11 is 0. The molecule has 3 rings (SSSR count). The fourth-order valence-corrected chi connectivity index (χ4v) is 2.57. The number of methoxy groups -OCH3 is 2. The van der Waals surface area contributed by atoms with Crippen LogP contribution in [0.2, 0.25) is 0 Å². The summed E-state index contributed by atoms with van der Waals surface area (Å²) in [6.45, 7) is 0. The number of phenols is 1. The molecule has 0 amide bonds. The lowest BCUT2D eigenvalue weighted by Gasteiger charge is -2.12. The van der Waals surface area contributed by atoms with Crippen molar-refractivity contribution >= 4 is 11.0 Å². The molecule has 9 heteroatoms. The van der Waals surface area contributed by atoms with Crippen molar-refractivity contribution in [2.45, 2.75) is 6.36 Å². The maximum absolute atomic E-state index is 12.5. The maximum Gasteiger partial charge on any atom is 0.573 e. The van der Waals surface area contributed by atoms with E-state index < -0.39 is 17.5 Å². The highest BCUT2D eigenvalue weighted by atomic mass is 19.4. The van der Waals surface area contributed by atoms with Crippen LogP contribution in [0.25, 0.3) is 22.3 Å². The number of phenolic OH excluding ortho intramolecular Hbond substituents is 1. The lowest BCUT2D eigenvalue weighted by Crippen LogP contribution is -2.16. The Kier molecular flexibility index (Phi) is 4.61. The Morgan fingerprint density at radius 3 is 2.26 bits per heavy atom. The topological polar surface area (TPSA) is 78.1 Å². The molecule has 0 unspecified atom stereocenters. The second-order valence-electron chi connectivity index (χ2n) is 5.38. The number of halogens is 3. The summed E-state index contributed by atoms with van der Waals surface area (Å²) < 4.78 is 56.3. The molecular weight excluding hydrogens is 369 g/mol. The van der Waals surface area contributed by atoms with Gasteiger partial charge in [0.1, 0.15) is 22.5 Å². The van der Waals surface area contributed by atoms with Crippen LogP contribution in [0, 0.1) is 0 Å². The van der Waals surface area contributed by atoms with E-state index in [1.807, 2.05) is 0 Å². The fourth-order valence-electron chi connectivity index (χ4n) is 2.57. The first-order chi connectivity index (χ1) is 12.7. The first-order valence-corrected chi connectivity index (χ1v) is 7.51. The Bertz CT molecular complexity index is 1040. The second kappa shape index (κ2) is 6.75. The average Bonchev–Trinajstić information content (AvgIpc) is 2.60. The molecule has 1 aromatic heterocycles. The Morgan fingerprint density at radius 1 is 1.04 bits per heavy atom. The summed E-state index contributed by atoms with van der Waals surface area (Å²) in [5.74, 6) is -0.697. The van der Waals surface area contributed by atoms with E-state index >= 15 is 0 Å². The zero-order valence-corrected chi connectivity index (χ0v) is 14.1. The zero-order chi connectivity index (χ0) is 19.8. The zero-order valence-electron chi connectivity index (χ0n) is 14.1. The van der Waals surface area contributed by atoms with Gasteiger partial charge in [-0.05, 0) is 24.3 Å². The van der Waals surface area contributed by atoms with Crippen molar-refractivity contribution in [1.29, 1.82) is 0 Å². The molecule has 0 saturated heterocycles. The molecule has 0 aliphatic rings. The molecule has 1 heterocycles. The van der Waals surface area contributed by atoms with Gasteiger partial charge in [0.25, 0.3) is 0 Å². The number of hydrogen-bond acceptors (Lipinski definition) is 6. The molecule has 0 aliphatic heterocycles. The van der Waals surface area contributed by atoms with Crippen molar-refractivity contribution in [1.82, 2.24) is 0 Å². The standard InChI is InChI=1S/C18H13F3O6/c1-24-14-8-13-15(17(25-2)16(14)23)11(22)7-12(26-13)9-3-5-10(6-4-9)27-18(19,20)21/h3-8,23H,1-2H3. The number of rotatable bonds is 4. The van der Waals surface area contributed by atoms with Gasteiger partial charge in [-0.2, -0.15) is 0 Å². The minimum absolute atomic E-state index is 0.0107. The molecule has 0 spiro atoms. The molecular formula is C18H13F3O6. The number of hydrogen-bond donors (Lipinski definition) is 1. The SMILES string of the molecule is COc1cc2oc(-c3ccc(OC(F)(F)F)cc3)cc(=O)c2c(OC)c1O. The van der Waals surface area contributed by atoms with Crippen molar-refractivity contribution in [3.63, 3.8) is 0 Å². The van der Waals surface area contributed by atoms with Crippen LogP contribution in [-0.2, 0) is 0 Å². The second-order valence-corrected chi connectivity index (χ2v) is 5.38. The quantitative estimate of drug-likeness (QED) is 0.733. The van der Waals surface area contributed by atoms with Crippen LogP contribution >= 0.6 is 0 Å². The summed E-state index contributed by atoms with van der Waals surface area (Å²) in [7, 11) is 2.60. The highest BCUT2D eigenvalue weighted by Crippen LogP contribution is 2.42. The highest BCUT2D eigenvalue weighted by Gasteiger charge is 2.31. The van der Waals surface area contributed by atoms with Gasteiger partial charge in [0.15, 0.2) is 16.9 Å². The van der Waals surface area contributed by atoms with Gasteiger partial charge in [0.2, 0.25) is 5.75 Å². The molecule has 0 saturated carbocycles. The van der Waals surface area contributed by atoms with Crippen LogP contribution in [-0.4, -0.2) is 25.7 Å². The molecule has 0 radical (unpaired) electrons. The van der Waals surface area contributed by atoms with Gasteiger partial charge in [-0.15, -0.1) is 13.2 Å². The summed E-state index contributed by atoms with van der Waals surface area (Å²) in [6, 6.07) is 7.31. The lowest BCUT2D eigenvalue weighted by molar-refractivity contribution is -0.274. The van der Waals surface area contributed by atoms with Crippen LogP contribution in [0.3, 0.4) is 0 Å². The van der Waals surface area contributed by atoms with Crippen LogP contribution < -0.4 is 19.6 Å². The van der Waals surface area contributed by atoms with Gasteiger partial charge in [-0.1, -0.05) is 0 Å². The summed E-state index contributed by atoms with van der Waals surface area (Å²) in [5.41, 5.74) is -0.0641. The highest BCUT2D eigenvalue weighted by molar-refractivity contribution is 5.89. The van der Waals surface area contributed by atoms with Gasteiger partial charge in [0, 0.05) is 17.7 Å². The molecule has 142 valence electrons. The first-order valence-electron chi connectivity index (χ1n) is 7.51. The largest absolute Gasteiger partial charge is 0.573 e. The minimum Gasteiger partial charge on any atom is -0.502 e. The lowest BCUT2D eigenvalue weighted by atomic mass is 10.1. The Labute approximate surface area is 150 Å². The Morgan fingerprint density at radius 2 is 1.70 bits per heavy atom. The molecule has 0 fully saturated rings. The number of aromatic hydroxyl groups is 1.